The Balaban J connectivity index is 1.77. The Morgan fingerprint density at radius 1 is 0.733 bits per heavy atom. The second-order valence-electron chi connectivity index (χ2n) is 8.38. The van der Waals surface area contributed by atoms with Gasteiger partial charge in [0.25, 0.3) is 5.91 Å². The number of amides is 2. The molecule has 5 heteroatoms. The maximum absolute atomic E-state index is 14.1. The molecule has 1 N–H and O–H groups in total. The molecule has 3 aromatic carbocycles. The van der Waals surface area contributed by atoms with Gasteiger partial charge in [-0.3, -0.25) is 9.59 Å². The van der Waals surface area contributed by atoms with E-state index >= 15 is 0 Å². The highest BCUT2D eigenvalue weighted by molar-refractivity contribution is 6.20. The molecule has 3 aliphatic rings. The minimum absolute atomic E-state index is 0.0517. The SMILES string of the molecule is CN1C(=O)C2(Cc3ccccc3NC23C(=O)N(C)c2ccccc23)c2ccccc21. The van der Waals surface area contributed by atoms with E-state index in [0.29, 0.717) is 6.42 Å². The third kappa shape index (κ3) is 1.71. The molecule has 2 spiro atoms. The molecule has 30 heavy (non-hydrogen) atoms. The van der Waals surface area contributed by atoms with Gasteiger partial charge < -0.3 is 15.1 Å². The molecule has 0 saturated carbocycles. The van der Waals surface area contributed by atoms with Crippen LogP contribution in [0.1, 0.15) is 16.7 Å². The van der Waals surface area contributed by atoms with Crippen LogP contribution in [-0.4, -0.2) is 25.9 Å². The summed E-state index contributed by atoms with van der Waals surface area (Å²) in [5, 5.41) is 3.59. The fraction of sp³-hybridized carbons (Fsp3) is 0.200. The number of rotatable bonds is 0. The van der Waals surface area contributed by atoms with Crippen LogP contribution in [0.3, 0.4) is 0 Å². The quantitative estimate of drug-likeness (QED) is 0.634. The van der Waals surface area contributed by atoms with Crippen molar-refractivity contribution >= 4 is 28.9 Å². The van der Waals surface area contributed by atoms with Gasteiger partial charge >= 0.3 is 0 Å². The molecule has 3 aliphatic heterocycles. The van der Waals surface area contributed by atoms with Gasteiger partial charge in [-0.15, -0.1) is 0 Å². The third-order valence-electron chi connectivity index (χ3n) is 7.13. The van der Waals surface area contributed by atoms with E-state index in [1.54, 1.807) is 23.9 Å². The first kappa shape index (κ1) is 17.3. The minimum atomic E-state index is -1.20. The summed E-state index contributed by atoms with van der Waals surface area (Å²) in [4.78, 5) is 31.5. The highest BCUT2D eigenvalue weighted by Crippen LogP contribution is 2.61. The zero-order valence-corrected chi connectivity index (χ0v) is 16.8. The van der Waals surface area contributed by atoms with Gasteiger partial charge in [0.1, 0.15) is 5.41 Å². The summed E-state index contributed by atoms with van der Waals surface area (Å²) in [7, 11) is 3.60. The molecule has 0 aromatic heterocycles. The topological polar surface area (TPSA) is 52.7 Å². The number of hydrogen-bond donors (Lipinski definition) is 1. The molecule has 2 atom stereocenters. The van der Waals surface area contributed by atoms with Gasteiger partial charge in [-0.25, -0.2) is 0 Å². The highest BCUT2D eigenvalue weighted by atomic mass is 16.2. The van der Waals surface area contributed by atoms with Crippen LogP contribution in [0.4, 0.5) is 17.1 Å². The van der Waals surface area contributed by atoms with Gasteiger partial charge in [0.05, 0.1) is 0 Å². The summed E-state index contributed by atoms with van der Waals surface area (Å²) >= 11 is 0. The molecule has 0 radical (unpaired) electrons. The molecule has 0 fully saturated rings. The van der Waals surface area contributed by atoms with E-state index in [9.17, 15) is 9.59 Å². The predicted molar refractivity (Wildman–Crippen MR) is 117 cm³/mol. The Morgan fingerprint density at radius 3 is 2.07 bits per heavy atom. The van der Waals surface area contributed by atoms with E-state index in [0.717, 1.165) is 33.8 Å². The number of para-hydroxylation sites is 3. The molecule has 3 aromatic rings. The molecule has 3 heterocycles. The summed E-state index contributed by atoms with van der Waals surface area (Å²) in [6.45, 7) is 0. The summed E-state index contributed by atoms with van der Waals surface area (Å²) in [5.74, 6) is -0.152. The standard InChI is InChI=1S/C25H21N3O2/c1-27-20-13-7-4-10-17(20)24(22(27)29)15-16-9-3-6-12-19(16)26-25(24)18-11-5-8-14-21(18)28(2)23(25)30/h3-14,26H,15H2,1-2H3. The van der Waals surface area contributed by atoms with E-state index in [1.165, 1.54) is 0 Å². The number of anilines is 3. The van der Waals surface area contributed by atoms with E-state index in [1.807, 2.05) is 72.8 Å². The van der Waals surface area contributed by atoms with E-state index in [4.69, 9.17) is 0 Å². The molecule has 0 bridgehead atoms. The Bertz CT molecular complexity index is 1160. The van der Waals surface area contributed by atoms with Gasteiger partial charge in [-0.2, -0.15) is 0 Å². The van der Waals surface area contributed by atoms with Gasteiger partial charge in [-0.1, -0.05) is 54.6 Å². The van der Waals surface area contributed by atoms with Crippen LogP contribution >= 0.6 is 0 Å². The van der Waals surface area contributed by atoms with Gasteiger partial charge in [-0.05, 0) is 35.7 Å². The third-order valence-corrected chi connectivity index (χ3v) is 7.13. The fourth-order valence-electron chi connectivity index (χ4n) is 5.79. The number of nitrogens with zero attached hydrogens (tertiary/aromatic N) is 2. The molecule has 2 amide bonds. The normalized spacial score (nSPS) is 26.1. The number of hydrogen-bond acceptors (Lipinski definition) is 3. The fourth-order valence-corrected chi connectivity index (χ4v) is 5.79. The number of likely N-dealkylation sites (N-methyl/N-ethyl adjacent to an activating group) is 2. The highest BCUT2D eigenvalue weighted by Gasteiger charge is 2.71. The molecule has 0 saturated heterocycles. The van der Waals surface area contributed by atoms with Crippen LogP contribution in [0.15, 0.2) is 72.8 Å². The number of carbonyl (C=O) groups is 2. The maximum atomic E-state index is 14.1. The lowest BCUT2D eigenvalue weighted by molar-refractivity contribution is -0.133. The van der Waals surface area contributed by atoms with Crippen LogP contribution < -0.4 is 15.1 Å². The van der Waals surface area contributed by atoms with E-state index in [-0.39, 0.29) is 11.8 Å². The van der Waals surface area contributed by atoms with Crippen molar-refractivity contribution in [2.45, 2.75) is 17.4 Å². The second-order valence-corrected chi connectivity index (χ2v) is 8.38. The maximum Gasteiger partial charge on any atom is 0.258 e. The van der Waals surface area contributed by atoms with Crippen molar-refractivity contribution < 1.29 is 9.59 Å². The molecule has 6 rings (SSSR count). The zero-order valence-electron chi connectivity index (χ0n) is 16.8. The average molecular weight is 395 g/mol. The van der Waals surface area contributed by atoms with Crippen molar-refractivity contribution in [3.63, 3.8) is 0 Å². The van der Waals surface area contributed by atoms with E-state index < -0.39 is 11.0 Å². The zero-order chi connectivity index (χ0) is 20.7. The van der Waals surface area contributed by atoms with Crippen LogP contribution in [0.25, 0.3) is 0 Å². The Labute approximate surface area is 174 Å². The van der Waals surface area contributed by atoms with Crippen molar-refractivity contribution in [3.05, 3.63) is 89.5 Å². The Kier molecular flexibility index (Phi) is 3.17. The van der Waals surface area contributed by atoms with Crippen molar-refractivity contribution in [2.24, 2.45) is 0 Å². The largest absolute Gasteiger partial charge is 0.366 e. The molecule has 5 nitrogen and oxygen atoms in total. The number of fused-ring (bicyclic) bond motifs is 6. The van der Waals surface area contributed by atoms with Gasteiger partial charge in [0.15, 0.2) is 5.54 Å². The van der Waals surface area contributed by atoms with Gasteiger partial charge in [0, 0.05) is 36.7 Å². The lowest BCUT2D eigenvalue weighted by atomic mass is 9.58. The molecule has 148 valence electrons. The van der Waals surface area contributed by atoms with Crippen molar-refractivity contribution in [3.8, 4) is 0 Å². The first-order chi connectivity index (χ1) is 14.5. The summed E-state index contributed by atoms with van der Waals surface area (Å²) < 4.78 is 0. The van der Waals surface area contributed by atoms with Crippen LogP contribution in [0, 0.1) is 0 Å². The second kappa shape index (κ2) is 5.51. The Morgan fingerprint density at radius 2 is 1.30 bits per heavy atom. The number of carbonyl (C=O) groups excluding carboxylic acids is 2. The minimum Gasteiger partial charge on any atom is -0.366 e. The monoisotopic (exact) mass is 395 g/mol. The summed E-state index contributed by atoms with van der Waals surface area (Å²) in [6, 6.07) is 23.6. The molecular formula is C25H21N3O2. The predicted octanol–water partition coefficient (Wildman–Crippen LogP) is 3.44. The van der Waals surface area contributed by atoms with Crippen LogP contribution in [-0.2, 0) is 27.0 Å². The molecule has 0 aliphatic carbocycles. The van der Waals surface area contributed by atoms with Crippen molar-refractivity contribution in [1.29, 1.82) is 0 Å². The average Bonchev–Trinajstić information content (AvgIpc) is 3.13. The lowest BCUT2D eigenvalue weighted by Gasteiger charge is -2.49. The van der Waals surface area contributed by atoms with Crippen LogP contribution in [0.5, 0.6) is 0 Å². The van der Waals surface area contributed by atoms with Gasteiger partial charge in [0.2, 0.25) is 5.91 Å². The first-order valence-electron chi connectivity index (χ1n) is 10.1. The van der Waals surface area contributed by atoms with Crippen molar-refractivity contribution in [1.82, 2.24) is 0 Å². The van der Waals surface area contributed by atoms with Crippen molar-refractivity contribution in [2.75, 3.05) is 29.2 Å². The number of nitrogens with one attached hydrogen (secondary N) is 1. The molecular weight excluding hydrogens is 374 g/mol. The lowest BCUT2D eigenvalue weighted by Crippen LogP contribution is -2.66. The van der Waals surface area contributed by atoms with E-state index in [2.05, 4.69) is 5.32 Å². The summed E-state index contributed by atoms with van der Waals surface area (Å²) in [6.07, 6.45) is 0.463. The molecule has 2 unspecified atom stereocenters. The van der Waals surface area contributed by atoms with Crippen LogP contribution in [0.2, 0.25) is 0 Å². The first-order valence-corrected chi connectivity index (χ1v) is 10.1. The smallest absolute Gasteiger partial charge is 0.258 e. The summed E-state index contributed by atoms with van der Waals surface area (Å²) in [5.41, 5.74) is 3.14. The Hall–Kier alpha value is -3.60. The number of benzene rings is 3.